The lowest BCUT2D eigenvalue weighted by Gasteiger charge is -2.18. The number of ether oxygens (including phenoxy) is 1. The summed E-state index contributed by atoms with van der Waals surface area (Å²) in [4.78, 5) is 2.21. The van der Waals surface area contributed by atoms with Gasteiger partial charge < -0.3 is 15.4 Å². The first-order valence-corrected chi connectivity index (χ1v) is 5.77. The Hall–Kier alpha value is -1.55. The lowest BCUT2D eigenvalue weighted by Crippen LogP contribution is -2.21. The van der Waals surface area contributed by atoms with Gasteiger partial charge in [-0.05, 0) is 26.1 Å². The van der Waals surface area contributed by atoms with E-state index in [1.165, 1.54) is 5.56 Å². The number of nitrogens with zero attached hydrogens (tertiary/aromatic N) is 1. The van der Waals surface area contributed by atoms with E-state index in [4.69, 9.17) is 15.9 Å². The average Bonchev–Trinajstić information content (AvgIpc) is 2.29. The van der Waals surface area contributed by atoms with Crippen LogP contribution < -0.4 is 10.5 Å². The molecule has 0 radical (unpaired) electrons. The molecule has 0 aromatic heterocycles. The summed E-state index contributed by atoms with van der Waals surface area (Å²) in [7, 11) is 3.75. The molecule has 0 saturated heterocycles. The second-order valence-electron chi connectivity index (χ2n) is 4.18. The fraction of sp³-hybridized carbons (Fsp3) is 0.462. The summed E-state index contributed by atoms with van der Waals surface area (Å²) in [5.41, 5.74) is 6.50. The van der Waals surface area contributed by atoms with Gasteiger partial charge in [-0.25, -0.2) is 0 Å². The van der Waals surface area contributed by atoms with Crippen molar-refractivity contribution in [2.24, 2.45) is 5.73 Å². The van der Waals surface area contributed by atoms with Crippen LogP contribution >= 0.6 is 0 Å². The van der Waals surface area contributed by atoms with Crippen LogP contribution in [0.2, 0.25) is 0 Å². The zero-order valence-electron chi connectivity index (χ0n) is 10.6. The van der Waals surface area contributed by atoms with Gasteiger partial charge in [0.25, 0.3) is 0 Å². The van der Waals surface area contributed by atoms with E-state index in [-0.39, 0.29) is 5.84 Å². The Morgan fingerprint density at radius 2 is 2.12 bits per heavy atom. The Kier molecular flexibility index (Phi) is 5.49. The molecule has 1 aromatic carbocycles. The summed E-state index contributed by atoms with van der Waals surface area (Å²) in [6, 6.07) is 8.03. The quantitative estimate of drug-likeness (QED) is 0.560. The first-order chi connectivity index (χ1) is 8.13. The molecule has 0 spiro atoms. The molecule has 0 amide bonds. The predicted octanol–water partition coefficient (Wildman–Crippen LogP) is 1.84. The molecule has 0 fully saturated rings. The highest BCUT2D eigenvalue weighted by Gasteiger charge is 2.05. The van der Waals surface area contributed by atoms with Gasteiger partial charge in [0.05, 0.1) is 12.9 Å². The number of benzene rings is 1. The lowest BCUT2D eigenvalue weighted by atomic mass is 10.2. The maximum atomic E-state index is 7.16. The van der Waals surface area contributed by atoms with Gasteiger partial charge in [0, 0.05) is 18.5 Å². The molecule has 3 N–H and O–H groups in total. The van der Waals surface area contributed by atoms with Crippen LogP contribution in [0.3, 0.4) is 0 Å². The number of nitrogens with two attached hydrogens (primary N) is 1. The van der Waals surface area contributed by atoms with E-state index in [0.717, 1.165) is 25.3 Å². The highest BCUT2D eigenvalue weighted by Crippen LogP contribution is 2.18. The number of amidine groups is 1. The monoisotopic (exact) mass is 235 g/mol. The van der Waals surface area contributed by atoms with Crippen molar-refractivity contribution in [2.75, 3.05) is 20.7 Å². The Labute approximate surface area is 103 Å². The number of hydrogen-bond acceptors (Lipinski definition) is 3. The Morgan fingerprint density at radius 3 is 2.76 bits per heavy atom. The van der Waals surface area contributed by atoms with Crippen molar-refractivity contribution in [3.63, 3.8) is 0 Å². The molecule has 0 unspecified atom stereocenters. The molecule has 0 aliphatic carbocycles. The highest BCUT2D eigenvalue weighted by atomic mass is 16.5. The first-order valence-electron chi connectivity index (χ1n) is 5.77. The van der Waals surface area contributed by atoms with Crippen LogP contribution in [0.15, 0.2) is 24.3 Å². The molecule has 0 bridgehead atoms. The molecule has 0 heterocycles. The normalized spacial score (nSPS) is 10.5. The molecule has 0 aliphatic rings. The third kappa shape index (κ3) is 4.87. The summed E-state index contributed by atoms with van der Waals surface area (Å²) in [5.74, 6) is 1.18. The topological polar surface area (TPSA) is 62.3 Å². The van der Waals surface area contributed by atoms with Crippen molar-refractivity contribution in [1.29, 1.82) is 5.41 Å². The van der Waals surface area contributed by atoms with Crippen LogP contribution in [0.25, 0.3) is 0 Å². The van der Waals surface area contributed by atoms with Crippen LogP contribution in [0.5, 0.6) is 5.75 Å². The van der Waals surface area contributed by atoms with Crippen molar-refractivity contribution < 1.29 is 4.74 Å². The molecule has 0 saturated carbocycles. The molecular weight excluding hydrogens is 214 g/mol. The summed E-state index contributed by atoms with van der Waals surface area (Å²) in [5, 5.41) is 7.16. The number of hydrogen-bond donors (Lipinski definition) is 2. The molecule has 4 heteroatoms. The smallest absolute Gasteiger partial charge is 0.123 e. The summed E-state index contributed by atoms with van der Waals surface area (Å²) >= 11 is 0. The van der Waals surface area contributed by atoms with Gasteiger partial charge in [-0.2, -0.15) is 0 Å². The molecular formula is C13H21N3O. The Balaban J connectivity index is 2.44. The van der Waals surface area contributed by atoms with Crippen LogP contribution in [0.1, 0.15) is 18.4 Å². The Morgan fingerprint density at radius 1 is 1.41 bits per heavy atom. The van der Waals surface area contributed by atoms with Crippen LogP contribution in [-0.2, 0) is 6.54 Å². The largest absolute Gasteiger partial charge is 0.496 e. The van der Waals surface area contributed by atoms with Gasteiger partial charge in [0.2, 0.25) is 0 Å². The van der Waals surface area contributed by atoms with E-state index >= 15 is 0 Å². The van der Waals surface area contributed by atoms with E-state index in [0.29, 0.717) is 6.42 Å². The average molecular weight is 235 g/mol. The maximum Gasteiger partial charge on any atom is 0.123 e. The first kappa shape index (κ1) is 13.5. The maximum absolute atomic E-state index is 7.16. The lowest BCUT2D eigenvalue weighted by molar-refractivity contribution is 0.315. The Bertz CT molecular complexity index is 365. The van der Waals surface area contributed by atoms with Gasteiger partial charge >= 0.3 is 0 Å². The van der Waals surface area contributed by atoms with Crippen LogP contribution in [0, 0.1) is 5.41 Å². The molecule has 4 nitrogen and oxygen atoms in total. The summed E-state index contributed by atoms with van der Waals surface area (Å²) in [6.07, 6.45) is 1.58. The van der Waals surface area contributed by atoms with E-state index in [1.807, 2.05) is 18.2 Å². The predicted molar refractivity (Wildman–Crippen MR) is 70.5 cm³/mol. The van der Waals surface area contributed by atoms with Gasteiger partial charge in [-0.1, -0.05) is 18.2 Å². The number of methoxy groups -OCH3 is 1. The fourth-order valence-electron chi connectivity index (χ4n) is 1.74. The molecule has 1 aromatic rings. The van der Waals surface area contributed by atoms with Crippen molar-refractivity contribution in [3.8, 4) is 5.75 Å². The van der Waals surface area contributed by atoms with E-state index in [9.17, 15) is 0 Å². The SMILES string of the molecule is COc1ccccc1CN(C)CCCC(=N)N. The van der Waals surface area contributed by atoms with Gasteiger partial charge in [0.1, 0.15) is 5.75 Å². The third-order valence-electron chi connectivity index (χ3n) is 2.62. The minimum atomic E-state index is 0.260. The zero-order chi connectivity index (χ0) is 12.7. The second kappa shape index (κ2) is 6.91. The number of para-hydroxylation sites is 1. The zero-order valence-corrected chi connectivity index (χ0v) is 10.6. The molecule has 1 rings (SSSR count). The van der Waals surface area contributed by atoms with Gasteiger partial charge in [-0.3, -0.25) is 5.41 Å². The summed E-state index contributed by atoms with van der Waals surface area (Å²) in [6.45, 7) is 1.78. The molecule has 17 heavy (non-hydrogen) atoms. The van der Waals surface area contributed by atoms with E-state index < -0.39 is 0 Å². The van der Waals surface area contributed by atoms with Gasteiger partial charge in [-0.15, -0.1) is 0 Å². The molecule has 94 valence electrons. The van der Waals surface area contributed by atoms with Crippen molar-refractivity contribution in [3.05, 3.63) is 29.8 Å². The van der Waals surface area contributed by atoms with Crippen LogP contribution in [0.4, 0.5) is 0 Å². The second-order valence-corrected chi connectivity index (χ2v) is 4.18. The summed E-state index contributed by atoms with van der Waals surface area (Å²) < 4.78 is 5.31. The third-order valence-corrected chi connectivity index (χ3v) is 2.62. The molecule has 0 aliphatic heterocycles. The standard InChI is InChI=1S/C13H21N3O/c1-16(9-5-8-13(14)15)10-11-6-3-4-7-12(11)17-2/h3-4,6-7H,5,8-10H2,1-2H3,(H3,14,15). The van der Waals surface area contributed by atoms with Crippen LogP contribution in [-0.4, -0.2) is 31.4 Å². The van der Waals surface area contributed by atoms with Gasteiger partial charge in [0.15, 0.2) is 0 Å². The van der Waals surface area contributed by atoms with Crippen molar-refractivity contribution in [2.45, 2.75) is 19.4 Å². The molecule has 0 atom stereocenters. The minimum absolute atomic E-state index is 0.260. The highest BCUT2D eigenvalue weighted by molar-refractivity contribution is 5.76. The van der Waals surface area contributed by atoms with E-state index in [1.54, 1.807) is 7.11 Å². The fourth-order valence-corrected chi connectivity index (χ4v) is 1.74. The number of nitrogens with one attached hydrogen (secondary N) is 1. The minimum Gasteiger partial charge on any atom is -0.496 e. The number of rotatable bonds is 7. The van der Waals surface area contributed by atoms with E-state index in [2.05, 4.69) is 18.0 Å². The van der Waals surface area contributed by atoms with Crippen molar-refractivity contribution in [1.82, 2.24) is 4.90 Å². The van der Waals surface area contributed by atoms with Crippen molar-refractivity contribution >= 4 is 5.84 Å².